The average molecular weight is 631 g/mol. The summed E-state index contributed by atoms with van der Waals surface area (Å²) in [5, 5.41) is 7.05. The van der Waals surface area contributed by atoms with Crippen molar-refractivity contribution in [1.82, 2.24) is 20.3 Å². The van der Waals surface area contributed by atoms with Crippen molar-refractivity contribution in [2.45, 2.75) is 59.2 Å². The molecular formula is C34H42N6O6. The Morgan fingerprint density at radius 3 is 2.50 bits per heavy atom. The first-order valence-corrected chi connectivity index (χ1v) is 15.2. The van der Waals surface area contributed by atoms with Crippen molar-refractivity contribution in [3.63, 3.8) is 0 Å². The molecule has 4 aromatic rings. The van der Waals surface area contributed by atoms with Crippen LogP contribution in [-0.2, 0) is 11.3 Å². The van der Waals surface area contributed by atoms with Crippen LogP contribution < -0.4 is 34.5 Å². The Hall–Kier alpha value is -5.00. The molecular weight excluding hydrogens is 588 g/mol. The third-order valence-electron chi connectivity index (χ3n) is 7.72. The first-order chi connectivity index (χ1) is 22.0. The zero-order valence-corrected chi connectivity index (χ0v) is 27.7. The fraction of sp³-hybridized carbons (Fsp3) is 0.412. The summed E-state index contributed by atoms with van der Waals surface area (Å²) in [4.78, 5) is 28.8. The molecule has 1 atom stereocenters. The monoisotopic (exact) mass is 630 g/mol. The van der Waals surface area contributed by atoms with Gasteiger partial charge in [-0.2, -0.15) is 4.98 Å². The molecule has 1 saturated heterocycles. The molecule has 1 amide bonds. The maximum Gasteiger partial charge on any atom is 0.407 e. The number of alkyl carbamates (subject to hydrolysis) is 1. The number of anilines is 2. The Morgan fingerprint density at radius 2 is 1.78 bits per heavy atom. The predicted octanol–water partition coefficient (Wildman–Crippen LogP) is 6.18. The molecule has 12 nitrogen and oxygen atoms in total. The van der Waals surface area contributed by atoms with Gasteiger partial charge in [-0.3, -0.25) is 0 Å². The van der Waals surface area contributed by atoms with Crippen LogP contribution in [0.5, 0.6) is 28.9 Å². The number of hydrogen-bond donors (Lipinski definition) is 2. The largest absolute Gasteiger partial charge is 0.497 e. The number of aromatic nitrogens is 3. The number of hydrogen-bond acceptors (Lipinski definition) is 11. The number of amides is 1. The van der Waals surface area contributed by atoms with E-state index < -0.39 is 11.7 Å². The molecule has 244 valence electrons. The van der Waals surface area contributed by atoms with E-state index in [1.54, 1.807) is 21.3 Å². The third kappa shape index (κ3) is 7.27. The van der Waals surface area contributed by atoms with Gasteiger partial charge >= 0.3 is 6.09 Å². The fourth-order valence-corrected chi connectivity index (χ4v) is 5.42. The number of nitrogens with one attached hydrogen (secondary N) is 2. The summed E-state index contributed by atoms with van der Waals surface area (Å²) in [5.41, 5.74) is 2.77. The van der Waals surface area contributed by atoms with Crippen LogP contribution in [0.3, 0.4) is 0 Å². The van der Waals surface area contributed by atoms with Crippen molar-refractivity contribution in [3.8, 4) is 28.9 Å². The summed E-state index contributed by atoms with van der Waals surface area (Å²) < 4.78 is 28.6. The Morgan fingerprint density at radius 1 is 1.00 bits per heavy atom. The third-order valence-corrected chi connectivity index (χ3v) is 7.72. The molecule has 0 aliphatic carbocycles. The van der Waals surface area contributed by atoms with Crippen molar-refractivity contribution < 1.29 is 28.5 Å². The lowest BCUT2D eigenvalue weighted by Crippen LogP contribution is -2.40. The van der Waals surface area contributed by atoms with E-state index in [1.165, 1.54) is 6.33 Å². The van der Waals surface area contributed by atoms with Crippen LogP contribution in [0.1, 0.15) is 43.9 Å². The average Bonchev–Trinajstić information content (AvgIpc) is 3.49. The van der Waals surface area contributed by atoms with E-state index in [1.807, 2.05) is 71.0 Å². The molecule has 2 aromatic heterocycles. The molecule has 0 bridgehead atoms. The van der Waals surface area contributed by atoms with Crippen molar-refractivity contribution in [2.24, 2.45) is 0 Å². The van der Waals surface area contributed by atoms with E-state index in [0.717, 1.165) is 23.1 Å². The molecule has 2 N–H and O–H groups in total. The van der Waals surface area contributed by atoms with Crippen LogP contribution in [0, 0.1) is 13.8 Å². The molecule has 12 heteroatoms. The van der Waals surface area contributed by atoms with Gasteiger partial charge in [0.2, 0.25) is 5.88 Å². The van der Waals surface area contributed by atoms with E-state index in [0.29, 0.717) is 71.1 Å². The van der Waals surface area contributed by atoms with Gasteiger partial charge in [-0.1, -0.05) is 6.07 Å². The first kappa shape index (κ1) is 32.4. The number of benzene rings is 2. The van der Waals surface area contributed by atoms with E-state index in [2.05, 4.69) is 25.5 Å². The lowest BCUT2D eigenvalue weighted by atomic mass is 10.1. The van der Waals surface area contributed by atoms with Crippen molar-refractivity contribution in [2.75, 3.05) is 44.6 Å². The number of methoxy groups -OCH3 is 3. The SMILES string of the molecule is COc1ccc(CNc2ncnc3cc(N4CC[C@@H](NC(=O)OC(C)(C)C)C4)nc(Oc4c(C)ccc(OC)c4C)c23)c(OC)c1. The number of rotatable bonds is 10. The number of carbonyl (C=O) groups excluding carboxylic acids is 1. The summed E-state index contributed by atoms with van der Waals surface area (Å²) in [6.07, 6.45) is 1.82. The van der Waals surface area contributed by atoms with E-state index in [4.69, 9.17) is 28.7 Å². The lowest BCUT2D eigenvalue weighted by Gasteiger charge is -2.23. The summed E-state index contributed by atoms with van der Waals surface area (Å²) in [6.45, 7) is 11.1. The topological polar surface area (TPSA) is 129 Å². The highest BCUT2D eigenvalue weighted by Gasteiger charge is 2.28. The van der Waals surface area contributed by atoms with Gasteiger partial charge in [0.15, 0.2) is 0 Å². The highest BCUT2D eigenvalue weighted by atomic mass is 16.6. The number of carbonyl (C=O) groups is 1. The van der Waals surface area contributed by atoms with Crippen LogP contribution in [0.2, 0.25) is 0 Å². The van der Waals surface area contributed by atoms with Crippen LogP contribution in [0.25, 0.3) is 10.9 Å². The zero-order valence-electron chi connectivity index (χ0n) is 27.7. The molecule has 0 spiro atoms. The lowest BCUT2D eigenvalue weighted by molar-refractivity contribution is 0.0509. The Kier molecular flexibility index (Phi) is 9.54. The number of fused-ring (bicyclic) bond motifs is 1. The Balaban J connectivity index is 1.51. The molecule has 2 aromatic carbocycles. The van der Waals surface area contributed by atoms with Crippen LogP contribution in [0.4, 0.5) is 16.4 Å². The van der Waals surface area contributed by atoms with Crippen molar-refractivity contribution in [3.05, 3.63) is 59.4 Å². The maximum absolute atomic E-state index is 12.4. The van der Waals surface area contributed by atoms with Crippen molar-refractivity contribution in [1.29, 1.82) is 0 Å². The van der Waals surface area contributed by atoms with Crippen LogP contribution in [0.15, 0.2) is 42.7 Å². The minimum atomic E-state index is -0.575. The van der Waals surface area contributed by atoms with Gasteiger partial charge in [-0.25, -0.2) is 14.8 Å². The van der Waals surface area contributed by atoms with Crippen LogP contribution >= 0.6 is 0 Å². The summed E-state index contributed by atoms with van der Waals surface area (Å²) >= 11 is 0. The molecule has 5 rings (SSSR count). The summed E-state index contributed by atoms with van der Waals surface area (Å²) in [7, 11) is 4.88. The van der Waals surface area contributed by atoms with Gasteiger partial charge in [0.25, 0.3) is 0 Å². The normalized spacial score (nSPS) is 14.6. The van der Waals surface area contributed by atoms with E-state index in [9.17, 15) is 4.79 Å². The number of pyridine rings is 1. The first-order valence-electron chi connectivity index (χ1n) is 15.2. The standard InChI is InChI=1S/C34H42N6O6/c1-20-9-12-26(43-7)21(2)30(20)45-32-29-25(16-28(39-32)40-14-13-23(18-40)38-33(41)46-34(3,4)5)36-19-37-31(29)35-17-22-10-11-24(42-6)15-27(22)44-8/h9-12,15-16,19,23H,13-14,17-18H2,1-8H3,(H,38,41)(H,35,36,37)/t23-/m1/s1. The van der Waals surface area contributed by atoms with E-state index in [-0.39, 0.29) is 6.04 Å². The highest BCUT2D eigenvalue weighted by Crippen LogP contribution is 2.39. The smallest absolute Gasteiger partial charge is 0.407 e. The van der Waals surface area contributed by atoms with Gasteiger partial charge in [-0.05, 0) is 64.8 Å². The second kappa shape index (κ2) is 13.6. The minimum Gasteiger partial charge on any atom is -0.497 e. The van der Waals surface area contributed by atoms with Crippen LogP contribution in [-0.4, -0.2) is 67.1 Å². The highest BCUT2D eigenvalue weighted by molar-refractivity contribution is 5.95. The molecule has 3 heterocycles. The molecule has 1 aliphatic rings. The zero-order chi connectivity index (χ0) is 33.0. The molecule has 0 saturated carbocycles. The summed E-state index contributed by atoms with van der Waals surface area (Å²) in [5.74, 6) is 4.32. The Labute approximate surface area is 269 Å². The number of nitrogens with zero attached hydrogens (tertiary/aromatic N) is 4. The second-order valence-corrected chi connectivity index (χ2v) is 12.2. The maximum atomic E-state index is 12.4. The second-order valence-electron chi connectivity index (χ2n) is 12.2. The molecule has 1 fully saturated rings. The molecule has 46 heavy (non-hydrogen) atoms. The van der Waals surface area contributed by atoms with Gasteiger partial charge < -0.3 is 39.2 Å². The number of ether oxygens (including phenoxy) is 5. The minimum absolute atomic E-state index is 0.0957. The number of aryl methyl sites for hydroxylation is 1. The quantitative estimate of drug-likeness (QED) is 0.209. The van der Waals surface area contributed by atoms with Gasteiger partial charge in [0.05, 0.1) is 32.9 Å². The van der Waals surface area contributed by atoms with Gasteiger partial charge in [0, 0.05) is 42.9 Å². The molecule has 1 aliphatic heterocycles. The van der Waals surface area contributed by atoms with Crippen molar-refractivity contribution >= 4 is 28.6 Å². The molecule has 0 radical (unpaired) electrons. The van der Waals surface area contributed by atoms with Gasteiger partial charge in [-0.15, -0.1) is 0 Å². The fourth-order valence-electron chi connectivity index (χ4n) is 5.42. The van der Waals surface area contributed by atoms with E-state index >= 15 is 0 Å². The Bertz CT molecular complexity index is 1720. The predicted molar refractivity (Wildman–Crippen MR) is 177 cm³/mol. The molecule has 0 unspecified atom stereocenters. The van der Waals surface area contributed by atoms with Gasteiger partial charge in [0.1, 0.15) is 51.9 Å². The summed E-state index contributed by atoms with van der Waals surface area (Å²) in [6, 6.07) is 11.4.